The van der Waals surface area contributed by atoms with Crippen molar-refractivity contribution in [3.8, 4) is 23.0 Å². The number of amides is 1. The highest BCUT2D eigenvalue weighted by Gasteiger charge is 2.19. The minimum atomic E-state index is -1.03. The summed E-state index contributed by atoms with van der Waals surface area (Å²) in [4.78, 5) is 16.5. The molecule has 138 valence electrons. The van der Waals surface area contributed by atoms with Gasteiger partial charge in [0.1, 0.15) is 5.76 Å². The highest BCUT2D eigenvalue weighted by molar-refractivity contribution is 5.92. The maximum absolute atomic E-state index is 13.2. The molecule has 1 aromatic heterocycles. The number of hydrogen-bond acceptors (Lipinski definition) is 5. The number of carbonyl (C=O) groups is 1. The monoisotopic (exact) mass is 372 g/mol. The standard InChI is InChI=1S/C19H14F2N2O4/c1-10-15(8-18(24)22-12-3-4-13(20)14(21)7-12)23-19(27-10)11-2-5-16-17(6-11)26-9-25-16/h2-7H,8-9H2,1H3,(H,22,24). The maximum Gasteiger partial charge on any atom is 0.231 e. The van der Waals surface area contributed by atoms with Crippen molar-refractivity contribution in [3.63, 3.8) is 0 Å². The summed E-state index contributed by atoms with van der Waals surface area (Å²) >= 11 is 0. The van der Waals surface area contributed by atoms with Crippen molar-refractivity contribution in [1.29, 1.82) is 0 Å². The first-order valence-electron chi connectivity index (χ1n) is 8.11. The van der Waals surface area contributed by atoms with E-state index in [1.807, 2.05) is 0 Å². The highest BCUT2D eigenvalue weighted by Crippen LogP contribution is 2.36. The number of nitrogens with one attached hydrogen (secondary N) is 1. The Morgan fingerprint density at radius 1 is 1.11 bits per heavy atom. The highest BCUT2D eigenvalue weighted by atomic mass is 19.2. The van der Waals surface area contributed by atoms with Crippen molar-refractivity contribution in [3.05, 3.63) is 59.5 Å². The lowest BCUT2D eigenvalue weighted by Gasteiger charge is -2.04. The molecule has 0 saturated carbocycles. The van der Waals surface area contributed by atoms with E-state index in [-0.39, 0.29) is 18.9 Å². The minimum absolute atomic E-state index is 0.0706. The number of nitrogens with zero attached hydrogens (tertiary/aromatic N) is 1. The van der Waals surface area contributed by atoms with Crippen LogP contribution in [0.1, 0.15) is 11.5 Å². The SMILES string of the molecule is Cc1oc(-c2ccc3c(c2)OCO3)nc1CC(=O)Nc1ccc(F)c(F)c1. The van der Waals surface area contributed by atoms with E-state index in [0.717, 1.165) is 12.1 Å². The molecule has 0 fully saturated rings. The van der Waals surface area contributed by atoms with Gasteiger partial charge in [0.25, 0.3) is 0 Å². The second-order valence-corrected chi connectivity index (χ2v) is 5.94. The smallest absolute Gasteiger partial charge is 0.231 e. The maximum atomic E-state index is 13.2. The van der Waals surface area contributed by atoms with Gasteiger partial charge >= 0.3 is 0 Å². The van der Waals surface area contributed by atoms with Crippen LogP contribution in [0.25, 0.3) is 11.5 Å². The number of carbonyl (C=O) groups excluding carboxylic acids is 1. The average Bonchev–Trinajstić information content (AvgIpc) is 3.24. The fraction of sp³-hybridized carbons (Fsp3) is 0.158. The lowest BCUT2D eigenvalue weighted by Crippen LogP contribution is -2.15. The fourth-order valence-corrected chi connectivity index (χ4v) is 2.68. The predicted octanol–water partition coefficient (Wildman–Crippen LogP) is 3.84. The minimum Gasteiger partial charge on any atom is -0.454 e. The number of aromatic nitrogens is 1. The van der Waals surface area contributed by atoms with E-state index in [4.69, 9.17) is 13.9 Å². The van der Waals surface area contributed by atoms with Crippen LogP contribution in [0.5, 0.6) is 11.5 Å². The Hall–Kier alpha value is -3.42. The van der Waals surface area contributed by atoms with Gasteiger partial charge in [0.2, 0.25) is 18.6 Å². The molecule has 4 rings (SSSR count). The first-order valence-corrected chi connectivity index (χ1v) is 8.11. The van der Waals surface area contributed by atoms with Crippen LogP contribution in [0.3, 0.4) is 0 Å². The van der Waals surface area contributed by atoms with Gasteiger partial charge in [0.15, 0.2) is 23.1 Å². The lowest BCUT2D eigenvalue weighted by atomic mass is 10.2. The Balaban J connectivity index is 1.49. The molecule has 1 amide bonds. The number of anilines is 1. The van der Waals surface area contributed by atoms with Crippen LogP contribution < -0.4 is 14.8 Å². The fourth-order valence-electron chi connectivity index (χ4n) is 2.68. The molecule has 0 saturated heterocycles. The average molecular weight is 372 g/mol. The topological polar surface area (TPSA) is 73.6 Å². The zero-order valence-corrected chi connectivity index (χ0v) is 14.2. The van der Waals surface area contributed by atoms with Crippen LogP contribution >= 0.6 is 0 Å². The van der Waals surface area contributed by atoms with E-state index in [1.165, 1.54) is 6.07 Å². The van der Waals surface area contributed by atoms with Gasteiger partial charge in [-0.15, -0.1) is 0 Å². The van der Waals surface area contributed by atoms with Crippen molar-refractivity contribution in [2.45, 2.75) is 13.3 Å². The normalized spacial score (nSPS) is 12.3. The molecular weight excluding hydrogens is 358 g/mol. The van der Waals surface area contributed by atoms with Gasteiger partial charge in [-0.2, -0.15) is 0 Å². The molecule has 1 aliphatic heterocycles. The van der Waals surface area contributed by atoms with Crippen LogP contribution in [-0.4, -0.2) is 17.7 Å². The molecule has 1 aliphatic rings. The second-order valence-electron chi connectivity index (χ2n) is 5.94. The Kier molecular flexibility index (Phi) is 4.23. The summed E-state index contributed by atoms with van der Waals surface area (Å²) in [6.45, 7) is 1.86. The molecule has 0 spiro atoms. The second kappa shape index (κ2) is 6.71. The van der Waals surface area contributed by atoms with E-state index < -0.39 is 17.5 Å². The third-order valence-electron chi connectivity index (χ3n) is 4.04. The summed E-state index contributed by atoms with van der Waals surface area (Å²) in [5, 5.41) is 2.50. The van der Waals surface area contributed by atoms with Crippen LogP contribution in [0.2, 0.25) is 0 Å². The van der Waals surface area contributed by atoms with Crippen LogP contribution in [0.15, 0.2) is 40.8 Å². The Morgan fingerprint density at radius 2 is 1.93 bits per heavy atom. The molecule has 3 aromatic rings. The Labute approximate surface area is 152 Å². The number of ether oxygens (including phenoxy) is 2. The summed E-state index contributed by atoms with van der Waals surface area (Å²) < 4.78 is 42.4. The van der Waals surface area contributed by atoms with Crippen LogP contribution in [0, 0.1) is 18.6 Å². The van der Waals surface area contributed by atoms with Gasteiger partial charge < -0.3 is 19.2 Å². The Morgan fingerprint density at radius 3 is 2.74 bits per heavy atom. The van der Waals surface area contributed by atoms with E-state index in [2.05, 4.69) is 10.3 Å². The third-order valence-corrected chi connectivity index (χ3v) is 4.04. The molecule has 0 radical (unpaired) electrons. The first-order chi connectivity index (χ1) is 13.0. The number of aryl methyl sites for hydroxylation is 1. The summed E-state index contributed by atoms with van der Waals surface area (Å²) in [6.07, 6.45) is -0.0706. The van der Waals surface area contributed by atoms with Gasteiger partial charge in [-0.1, -0.05) is 0 Å². The number of hydrogen-bond donors (Lipinski definition) is 1. The molecule has 0 atom stereocenters. The summed E-state index contributed by atoms with van der Waals surface area (Å²) in [7, 11) is 0. The van der Waals surface area contributed by atoms with Crippen molar-refractivity contribution < 1.29 is 27.5 Å². The van der Waals surface area contributed by atoms with Crippen molar-refractivity contribution in [2.75, 3.05) is 12.1 Å². The molecule has 8 heteroatoms. The molecule has 2 aromatic carbocycles. The zero-order chi connectivity index (χ0) is 19.0. The molecule has 27 heavy (non-hydrogen) atoms. The van der Waals surface area contributed by atoms with E-state index in [1.54, 1.807) is 25.1 Å². The van der Waals surface area contributed by atoms with E-state index >= 15 is 0 Å². The largest absolute Gasteiger partial charge is 0.454 e. The summed E-state index contributed by atoms with van der Waals surface area (Å²) in [6, 6.07) is 8.43. The summed E-state index contributed by atoms with van der Waals surface area (Å²) in [5.41, 5.74) is 1.30. The van der Waals surface area contributed by atoms with Gasteiger partial charge in [-0.25, -0.2) is 13.8 Å². The van der Waals surface area contributed by atoms with Gasteiger partial charge in [-0.3, -0.25) is 4.79 Å². The van der Waals surface area contributed by atoms with Gasteiger partial charge in [-0.05, 0) is 37.3 Å². The lowest BCUT2D eigenvalue weighted by molar-refractivity contribution is -0.115. The number of benzene rings is 2. The van der Waals surface area contributed by atoms with Crippen molar-refractivity contribution in [2.24, 2.45) is 0 Å². The molecule has 0 aliphatic carbocycles. The third kappa shape index (κ3) is 3.46. The molecule has 2 heterocycles. The van der Waals surface area contributed by atoms with Crippen molar-refractivity contribution >= 4 is 11.6 Å². The van der Waals surface area contributed by atoms with Gasteiger partial charge in [0, 0.05) is 17.3 Å². The first kappa shape index (κ1) is 17.0. The molecule has 6 nitrogen and oxygen atoms in total. The molecule has 1 N–H and O–H groups in total. The molecule has 0 unspecified atom stereocenters. The Bertz CT molecular complexity index is 1030. The summed E-state index contributed by atoms with van der Waals surface area (Å²) in [5.74, 6) is -0.349. The number of halogens is 2. The number of oxazole rings is 1. The molecular formula is C19H14F2N2O4. The van der Waals surface area contributed by atoms with Crippen molar-refractivity contribution in [1.82, 2.24) is 4.98 Å². The molecule has 0 bridgehead atoms. The van der Waals surface area contributed by atoms with E-state index in [9.17, 15) is 13.6 Å². The van der Waals surface area contributed by atoms with Crippen LogP contribution in [-0.2, 0) is 11.2 Å². The van der Waals surface area contributed by atoms with Gasteiger partial charge in [0.05, 0.1) is 12.1 Å². The quantitative estimate of drug-likeness (QED) is 0.753. The van der Waals surface area contributed by atoms with E-state index in [0.29, 0.717) is 34.4 Å². The number of fused-ring (bicyclic) bond motifs is 1. The van der Waals surface area contributed by atoms with Crippen LogP contribution in [0.4, 0.5) is 14.5 Å². The predicted molar refractivity (Wildman–Crippen MR) is 91.5 cm³/mol. The number of rotatable bonds is 4. The zero-order valence-electron chi connectivity index (χ0n) is 14.2.